The Morgan fingerprint density at radius 3 is 2.25 bits per heavy atom. The van der Waals surface area contributed by atoms with Crippen molar-refractivity contribution in [2.24, 2.45) is 0 Å². The molecule has 1 heterocycles. The van der Waals surface area contributed by atoms with Gasteiger partial charge in [-0.1, -0.05) is 60.7 Å². The molecule has 1 aliphatic heterocycles. The predicted molar refractivity (Wildman–Crippen MR) is 95.4 cm³/mol. The maximum atomic E-state index is 12.0. The summed E-state index contributed by atoms with van der Waals surface area (Å²) in [7, 11) is -2.97. The molecule has 4 nitrogen and oxygen atoms in total. The number of sulfone groups is 1. The quantitative estimate of drug-likeness (QED) is 0.807. The smallest absolute Gasteiger partial charge is 0.153 e. The molecule has 5 heteroatoms. The molecule has 3 rings (SSSR count). The summed E-state index contributed by atoms with van der Waals surface area (Å²) in [5.74, 6) is 0.406. The molecule has 1 fully saturated rings. The van der Waals surface area contributed by atoms with Crippen LogP contribution < -0.4 is 0 Å². The molecule has 0 bridgehead atoms. The van der Waals surface area contributed by atoms with Crippen molar-refractivity contribution in [1.82, 2.24) is 4.90 Å². The molecule has 24 heavy (non-hydrogen) atoms. The van der Waals surface area contributed by atoms with Gasteiger partial charge in [-0.05, 0) is 11.1 Å². The van der Waals surface area contributed by atoms with Crippen LogP contribution in [-0.2, 0) is 27.7 Å². The minimum Gasteiger partial charge on any atom is -0.375 e. The van der Waals surface area contributed by atoms with Crippen molar-refractivity contribution in [3.8, 4) is 0 Å². The Balaban J connectivity index is 1.61. The van der Waals surface area contributed by atoms with Gasteiger partial charge in [-0.25, -0.2) is 8.42 Å². The normalized spacial score (nSPS) is 20.8. The summed E-state index contributed by atoms with van der Waals surface area (Å²) < 4.78 is 29.8. The Hall–Kier alpha value is -1.69. The van der Waals surface area contributed by atoms with Crippen LogP contribution in [0.3, 0.4) is 0 Å². The fourth-order valence-electron chi connectivity index (χ4n) is 2.99. The Kier molecular flexibility index (Phi) is 5.66. The molecule has 0 spiro atoms. The van der Waals surface area contributed by atoms with Crippen LogP contribution in [0.1, 0.15) is 11.1 Å². The number of benzene rings is 2. The summed E-state index contributed by atoms with van der Waals surface area (Å²) in [6.45, 7) is 2.27. The highest BCUT2D eigenvalue weighted by molar-refractivity contribution is 7.91. The van der Waals surface area contributed by atoms with Crippen LogP contribution >= 0.6 is 0 Å². The van der Waals surface area contributed by atoms with E-state index in [-0.39, 0.29) is 17.5 Å². The van der Waals surface area contributed by atoms with Gasteiger partial charge in [0.25, 0.3) is 0 Å². The number of rotatable bonds is 6. The van der Waals surface area contributed by atoms with Crippen LogP contribution in [0.5, 0.6) is 0 Å². The second-order valence-corrected chi connectivity index (χ2v) is 8.45. The predicted octanol–water partition coefficient (Wildman–Crippen LogP) is 2.50. The van der Waals surface area contributed by atoms with Crippen molar-refractivity contribution in [2.75, 3.05) is 24.7 Å². The largest absolute Gasteiger partial charge is 0.375 e. The molecule has 2 aromatic rings. The first kappa shape index (κ1) is 17.1. The molecule has 0 saturated carbocycles. The zero-order valence-corrected chi connectivity index (χ0v) is 14.5. The molecular weight excluding hydrogens is 322 g/mol. The lowest BCUT2D eigenvalue weighted by molar-refractivity contribution is 0.0546. The molecule has 128 valence electrons. The lowest BCUT2D eigenvalue weighted by atomic mass is 10.2. The van der Waals surface area contributed by atoms with Gasteiger partial charge in [0.05, 0.1) is 24.7 Å². The molecule has 0 N–H and O–H groups in total. The summed E-state index contributed by atoms with van der Waals surface area (Å²) in [5.41, 5.74) is 2.30. The Morgan fingerprint density at radius 2 is 1.58 bits per heavy atom. The van der Waals surface area contributed by atoms with Gasteiger partial charge in [0.2, 0.25) is 0 Å². The average molecular weight is 345 g/mol. The molecule has 2 aromatic carbocycles. The highest BCUT2D eigenvalue weighted by Gasteiger charge is 2.31. The van der Waals surface area contributed by atoms with E-state index in [4.69, 9.17) is 4.74 Å². The zero-order chi connectivity index (χ0) is 16.8. The van der Waals surface area contributed by atoms with E-state index in [1.807, 2.05) is 48.5 Å². The second kappa shape index (κ2) is 7.92. The number of hydrogen-bond acceptors (Lipinski definition) is 4. The van der Waals surface area contributed by atoms with E-state index in [2.05, 4.69) is 17.0 Å². The van der Waals surface area contributed by atoms with Gasteiger partial charge in [-0.15, -0.1) is 0 Å². The summed E-state index contributed by atoms with van der Waals surface area (Å²) in [6.07, 6.45) is 0. The lowest BCUT2D eigenvalue weighted by Gasteiger charge is -2.35. The first-order valence-corrected chi connectivity index (χ1v) is 10.0. The molecule has 1 saturated heterocycles. The van der Waals surface area contributed by atoms with Crippen molar-refractivity contribution in [2.45, 2.75) is 19.2 Å². The van der Waals surface area contributed by atoms with Gasteiger partial charge >= 0.3 is 0 Å². The van der Waals surface area contributed by atoms with E-state index in [1.54, 1.807) is 0 Å². The maximum Gasteiger partial charge on any atom is 0.153 e. The highest BCUT2D eigenvalue weighted by Crippen LogP contribution is 2.16. The summed E-state index contributed by atoms with van der Waals surface area (Å²) >= 11 is 0. The van der Waals surface area contributed by atoms with E-state index in [1.165, 1.54) is 5.56 Å². The van der Waals surface area contributed by atoms with Crippen LogP contribution in [0, 0.1) is 0 Å². The van der Waals surface area contributed by atoms with E-state index in [0.717, 1.165) is 12.1 Å². The van der Waals surface area contributed by atoms with Gasteiger partial charge in [-0.3, -0.25) is 4.90 Å². The average Bonchev–Trinajstić information content (AvgIpc) is 2.59. The molecule has 1 atom stereocenters. The van der Waals surface area contributed by atoms with E-state index in [9.17, 15) is 8.42 Å². The first-order valence-electron chi connectivity index (χ1n) is 8.22. The second-order valence-electron chi connectivity index (χ2n) is 6.22. The minimum absolute atomic E-state index is 0.0901. The van der Waals surface area contributed by atoms with Gasteiger partial charge < -0.3 is 4.74 Å². The Morgan fingerprint density at radius 1 is 0.958 bits per heavy atom. The fraction of sp³-hybridized carbons (Fsp3) is 0.368. The Bertz CT molecular complexity index is 732. The van der Waals surface area contributed by atoms with Gasteiger partial charge in [-0.2, -0.15) is 0 Å². The van der Waals surface area contributed by atoms with Crippen LogP contribution in [0.2, 0.25) is 0 Å². The van der Waals surface area contributed by atoms with Crippen molar-refractivity contribution in [1.29, 1.82) is 0 Å². The minimum atomic E-state index is -2.97. The summed E-state index contributed by atoms with van der Waals surface area (Å²) in [5, 5.41) is 0. The molecule has 1 aliphatic rings. The number of hydrogen-bond donors (Lipinski definition) is 0. The fourth-order valence-corrected chi connectivity index (χ4v) is 4.56. The van der Waals surface area contributed by atoms with Gasteiger partial charge in [0, 0.05) is 19.1 Å². The SMILES string of the molecule is O=S1(=O)CCN(Cc2ccccc2)C(COCc2ccccc2)C1. The summed E-state index contributed by atoms with van der Waals surface area (Å²) in [6, 6.07) is 20.0. The standard InChI is InChI=1S/C19H23NO3S/c21-24(22)12-11-20(13-17-7-3-1-4-8-17)19(16-24)15-23-14-18-9-5-2-6-10-18/h1-10,19H,11-16H2. The van der Waals surface area contributed by atoms with Crippen molar-refractivity contribution in [3.05, 3.63) is 71.8 Å². The highest BCUT2D eigenvalue weighted by atomic mass is 32.2. The van der Waals surface area contributed by atoms with Gasteiger partial charge in [0.15, 0.2) is 9.84 Å². The first-order chi connectivity index (χ1) is 11.6. The van der Waals surface area contributed by atoms with Crippen LogP contribution in [0.15, 0.2) is 60.7 Å². The topological polar surface area (TPSA) is 46.6 Å². The number of ether oxygens (including phenoxy) is 1. The third-order valence-corrected chi connectivity index (χ3v) is 6.00. The third kappa shape index (κ3) is 4.90. The van der Waals surface area contributed by atoms with Crippen molar-refractivity contribution >= 4 is 9.84 Å². The number of nitrogens with zero attached hydrogens (tertiary/aromatic N) is 1. The van der Waals surface area contributed by atoms with E-state index >= 15 is 0 Å². The molecule has 0 amide bonds. The van der Waals surface area contributed by atoms with Crippen LogP contribution in [-0.4, -0.2) is 44.0 Å². The molecule has 0 radical (unpaired) electrons. The third-order valence-electron chi connectivity index (χ3n) is 4.30. The molecular formula is C19H23NO3S. The van der Waals surface area contributed by atoms with Crippen molar-refractivity contribution in [3.63, 3.8) is 0 Å². The Labute approximate surface area is 144 Å². The molecule has 0 aliphatic carbocycles. The van der Waals surface area contributed by atoms with Crippen LogP contribution in [0.4, 0.5) is 0 Å². The van der Waals surface area contributed by atoms with E-state index in [0.29, 0.717) is 19.8 Å². The maximum absolute atomic E-state index is 12.0. The lowest BCUT2D eigenvalue weighted by Crippen LogP contribution is -2.50. The van der Waals surface area contributed by atoms with Crippen molar-refractivity contribution < 1.29 is 13.2 Å². The monoisotopic (exact) mass is 345 g/mol. The molecule has 1 unspecified atom stereocenters. The van der Waals surface area contributed by atoms with E-state index < -0.39 is 9.84 Å². The van der Waals surface area contributed by atoms with Gasteiger partial charge in [0.1, 0.15) is 0 Å². The molecule has 0 aromatic heterocycles. The van der Waals surface area contributed by atoms with Crippen LogP contribution in [0.25, 0.3) is 0 Å². The summed E-state index contributed by atoms with van der Waals surface area (Å²) in [4.78, 5) is 2.22. The zero-order valence-electron chi connectivity index (χ0n) is 13.7.